The molecule has 0 saturated carbocycles. The second-order valence-corrected chi connectivity index (χ2v) is 6.00. The number of ether oxygens (including phenoxy) is 2. The monoisotopic (exact) mass is 336 g/mol. The standard InChI is InChI=1S/C16H17ClN2O4/c1-8(2)15-14(9(3)19-23-15)16(20)18-11-7-13-12(6-10(11)17)21-4-5-22-13/h6-8H,4-5H2,1-3H3,(H,18,20). The molecular formula is C16H17ClN2O4. The predicted octanol–water partition coefficient (Wildman–Crippen LogP) is 3.78. The number of nitrogens with one attached hydrogen (secondary N) is 1. The number of aryl methyl sites for hydroxylation is 1. The van der Waals surface area contributed by atoms with Crippen molar-refractivity contribution in [3.05, 3.63) is 34.2 Å². The Morgan fingerprint density at radius 2 is 1.91 bits per heavy atom. The van der Waals surface area contributed by atoms with E-state index >= 15 is 0 Å². The summed E-state index contributed by atoms with van der Waals surface area (Å²) in [6.07, 6.45) is 0. The normalized spacial score (nSPS) is 13.3. The van der Waals surface area contributed by atoms with Gasteiger partial charge in [0.05, 0.1) is 16.4 Å². The van der Waals surface area contributed by atoms with Gasteiger partial charge in [-0.15, -0.1) is 0 Å². The Hall–Kier alpha value is -2.21. The van der Waals surface area contributed by atoms with E-state index in [0.717, 1.165) is 0 Å². The fourth-order valence-electron chi connectivity index (χ4n) is 2.40. The van der Waals surface area contributed by atoms with Crippen LogP contribution in [0.5, 0.6) is 11.5 Å². The first kappa shape index (κ1) is 15.7. The maximum atomic E-state index is 12.6. The molecule has 1 N–H and O–H groups in total. The molecule has 0 saturated heterocycles. The van der Waals surface area contributed by atoms with Crippen LogP contribution in [-0.4, -0.2) is 24.3 Å². The third kappa shape index (κ3) is 2.99. The number of carbonyl (C=O) groups excluding carboxylic acids is 1. The first-order valence-electron chi connectivity index (χ1n) is 7.34. The number of benzene rings is 1. The van der Waals surface area contributed by atoms with Crippen molar-refractivity contribution in [3.8, 4) is 11.5 Å². The molecule has 1 aliphatic heterocycles. The lowest BCUT2D eigenvalue weighted by atomic mass is 10.0. The number of anilines is 1. The molecular weight excluding hydrogens is 320 g/mol. The highest BCUT2D eigenvalue weighted by molar-refractivity contribution is 6.34. The van der Waals surface area contributed by atoms with Gasteiger partial charge in [0, 0.05) is 18.1 Å². The molecule has 2 aromatic rings. The summed E-state index contributed by atoms with van der Waals surface area (Å²) >= 11 is 6.22. The van der Waals surface area contributed by atoms with Gasteiger partial charge in [-0.25, -0.2) is 0 Å². The lowest BCUT2D eigenvalue weighted by Gasteiger charge is -2.20. The van der Waals surface area contributed by atoms with Crippen molar-refractivity contribution >= 4 is 23.2 Å². The molecule has 1 amide bonds. The Morgan fingerprint density at radius 3 is 2.57 bits per heavy atom. The van der Waals surface area contributed by atoms with Gasteiger partial charge in [0.15, 0.2) is 17.3 Å². The maximum absolute atomic E-state index is 12.6. The third-order valence-corrected chi connectivity index (χ3v) is 3.83. The average molecular weight is 337 g/mol. The van der Waals surface area contributed by atoms with Gasteiger partial charge in [-0.1, -0.05) is 30.6 Å². The Labute approximate surface area is 138 Å². The van der Waals surface area contributed by atoms with Gasteiger partial charge < -0.3 is 19.3 Å². The lowest BCUT2D eigenvalue weighted by molar-refractivity contribution is 0.102. The summed E-state index contributed by atoms with van der Waals surface area (Å²) in [5.41, 5.74) is 1.43. The summed E-state index contributed by atoms with van der Waals surface area (Å²) in [6.45, 7) is 6.55. The zero-order valence-electron chi connectivity index (χ0n) is 13.1. The molecule has 0 unspecified atom stereocenters. The van der Waals surface area contributed by atoms with Gasteiger partial charge in [0.2, 0.25) is 0 Å². The smallest absolute Gasteiger partial charge is 0.261 e. The summed E-state index contributed by atoms with van der Waals surface area (Å²) in [6, 6.07) is 3.29. The van der Waals surface area contributed by atoms with E-state index in [1.807, 2.05) is 13.8 Å². The minimum atomic E-state index is -0.314. The number of halogens is 1. The van der Waals surface area contributed by atoms with Gasteiger partial charge in [0.25, 0.3) is 5.91 Å². The van der Waals surface area contributed by atoms with E-state index in [1.54, 1.807) is 19.1 Å². The number of aromatic nitrogens is 1. The number of hydrogen-bond acceptors (Lipinski definition) is 5. The summed E-state index contributed by atoms with van der Waals surface area (Å²) in [4.78, 5) is 12.6. The molecule has 0 spiro atoms. The van der Waals surface area contributed by atoms with E-state index in [1.165, 1.54) is 0 Å². The average Bonchev–Trinajstić information content (AvgIpc) is 2.90. The minimum absolute atomic E-state index is 0.0488. The van der Waals surface area contributed by atoms with E-state index < -0.39 is 0 Å². The maximum Gasteiger partial charge on any atom is 0.261 e. The van der Waals surface area contributed by atoms with Gasteiger partial charge in [0.1, 0.15) is 18.8 Å². The van der Waals surface area contributed by atoms with E-state index in [-0.39, 0.29) is 11.8 Å². The van der Waals surface area contributed by atoms with E-state index in [2.05, 4.69) is 10.5 Å². The van der Waals surface area contributed by atoms with Crippen molar-refractivity contribution in [1.82, 2.24) is 5.16 Å². The van der Waals surface area contributed by atoms with Crippen LogP contribution in [0.2, 0.25) is 5.02 Å². The summed E-state index contributed by atoms with van der Waals surface area (Å²) < 4.78 is 16.2. The van der Waals surface area contributed by atoms with Crippen molar-refractivity contribution in [1.29, 1.82) is 0 Å². The molecule has 0 bridgehead atoms. The second kappa shape index (κ2) is 6.12. The number of fused-ring (bicyclic) bond motifs is 1. The molecule has 0 atom stereocenters. The third-order valence-electron chi connectivity index (χ3n) is 3.52. The van der Waals surface area contributed by atoms with Crippen LogP contribution in [0.15, 0.2) is 16.7 Å². The molecule has 122 valence electrons. The highest BCUT2D eigenvalue weighted by atomic mass is 35.5. The number of nitrogens with zero attached hydrogens (tertiary/aromatic N) is 1. The fourth-order valence-corrected chi connectivity index (χ4v) is 2.60. The highest BCUT2D eigenvalue weighted by Crippen LogP contribution is 2.38. The van der Waals surface area contributed by atoms with Crippen molar-refractivity contribution in [2.24, 2.45) is 0 Å². The Bertz CT molecular complexity index is 755. The summed E-state index contributed by atoms with van der Waals surface area (Å²) in [5, 5.41) is 7.05. The van der Waals surface area contributed by atoms with Gasteiger partial charge in [-0.05, 0) is 6.92 Å². The Morgan fingerprint density at radius 1 is 1.26 bits per heavy atom. The zero-order chi connectivity index (χ0) is 16.6. The van der Waals surface area contributed by atoms with Crippen LogP contribution < -0.4 is 14.8 Å². The number of hydrogen-bond donors (Lipinski definition) is 1. The quantitative estimate of drug-likeness (QED) is 0.923. The molecule has 1 aromatic carbocycles. The SMILES string of the molecule is Cc1noc(C(C)C)c1C(=O)Nc1cc2c(cc1Cl)OCCO2. The lowest BCUT2D eigenvalue weighted by Crippen LogP contribution is -2.17. The summed E-state index contributed by atoms with van der Waals surface area (Å²) in [5.74, 6) is 1.41. The molecule has 0 radical (unpaired) electrons. The van der Waals surface area contributed by atoms with Crippen LogP contribution >= 0.6 is 11.6 Å². The zero-order valence-corrected chi connectivity index (χ0v) is 13.9. The van der Waals surface area contributed by atoms with E-state index in [4.69, 9.17) is 25.6 Å². The molecule has 0 aliphatic carbocycles. The van der Waals surface area contributed by atoms with Crippen LogP contribution in [0, 0.1) is 6.92 Å². The van der Waals surface area contributed by atoms with E-state index in [9.17, 15) is 4.79 Å². The fraction of sp³-hybridized carbons (Fsp3) is 0.375. The van der Waals surface area contributed by atoms with Crippen molar-refractivity contribution in [2.75, 3.05) is 18.5 Å². The van der Waals surface area contributed by atoms with Gasteiger partial charge in [-0.2, -0.15) is 0 Å². The molecule has 7 heteroatoms. The molecule has 23 heavy (non-hydrogen) atoms. The molecule has 1 aliphatic rings. The minimum Gasteiger partial charge on any atom is -0.486 e. The first-order valence-corrected chi connectivity index (χ1v) is 7.72. The number of amides is 1. The number of carbonyl (C=O) groups is 1. The van der Waals surface area contributed by atoms with Gasteiger partial charge in [-0.3, -0.25) is 4.79 Å². The molecule has 1 aromatic heterocycles. The van der Waals surface area contributed by atoms with Crippen molar-refractivity contribution < 1.29 is 18.8 Å². The molecule has 2 heterocycles. The van der Waals surface area contributed by atoms with Crippen molar-refractivity contribution in [3.63, 3.8) is 0 Å². The predicted molar refractivity (Wildman–Crippen MR) is 85.7 cm³/mol. The van der Waals surface area contributed by atoms with Crippen molar-refractivity contribution in [2.45, 2.75) is 26.7 Å². The molecule has 6 nitrogen and oxygen atoms in total. The first-order chi connectivity index (χ1) is 11.0. The van der Waals surface area contributed by atoms with Crippen LogP contribution in [0.25, 0.3) is 0 Å². The van der Waals surface area contributed by atoms with Crippen LogP contribution in [0.3, 0.4) is 0 Å². The Kier molecular flexibility index (Phi) is 4.17. The van der Waals surface area contributed by atoms with Crippen LogP contribution in [0.4, 0.5) is 5.69 Å². The molecule has 3 rings (SSSR count). The molecule has 0 fully saturated rings. The highest BCUT2D eigenvalue weighted by Gasteiger charge is 2.24. The largest absolute Gasteiger partial charge is 0.486 e. The summed E-state index contributed by atoms with van der Waals surface area (Å²) in [7, 11) is 0. The van der Waals surface area contributed by atoms with E-state index in [0.29, 0.717) is 52.4 Å². The Balaban J connectivity index is 1.90. The second-order valence-electron chi connectivity index (χ2n) is 5.59. The van der Waals surface area contributed by atoms with Crippen LogP contribution in [-0.2, 0) is 0 Å². The number of rotatable bonds is 3. The topological polar surface area (TPSA) is 73.6 Å². The van der Waals surface area contributed by atoms with Gasteiger partial charge >= 0.3 is 0 Å². The van der Waals surface area contributed by atoms with Crippen LogP contribution in [0.1, 0.15) is 41.6 Å².